The Morgan fingerprint density at radius 1 is 1.33 bits per heavy atom. The highest BCUT2D eigenvalue weighted by molar-refractivity contribution is 9.10. The van der Waals surface area contributed by atoms with Crippen molar-refractivity contribution < 1.29 is 4.79 Å². The second-order valence-electron chi connectivity index (χ2n) is 8.15. The Hall–Kier alpha value is -1.79. The zero-order valence-corrected chi connectivity index (χ0v) is 17.4. The summed E-state index contributed by atoms with van der Waals surface area (Å²) >= 11 is 10.5. The molecule has 3 atom stereocenters. The summed E-state index contributed by atoms with van der Waals surface area (Å²) < 4.78 is 0.668. The van der Waals surface area contributed by atoms with Crippen LogP contribution in [0.25, 0.3) is 6.08 Å². The van der Waals surface area contributed by atoms with Gasteiger partial charge in [0.05, 0.1) is 11.4 Å². The molecule has 5 nitrogen and oxygen atoms in total. The van der Waals surface area contributed by atoms with Crippen LogP contribution in [-0.2, 0) is 10.2 Å². The Labute approximate surface area is 171 Å². The quantitative estimate of drug-likeness (QED) is 0.582. The summed E-state index contributed by atoms with van der Waals surface area (Å²) in [7, 11) is 0. The summed E-state index contributed by atoms with van der Waals surface area (Å²) in [5.74, 6) is 0.192. The molecule has 3 aliphatic rings. The first-order valence-corrected chi connectivity index (χ1v) is 10.3. The molecule has 0 saturated carbocycles. The topological polar surface area (TPSA) is 61.0 Å². The Morgan fingerprint density at radius 3 is 2.93 bits per heavy atom. The van der Waals surface area contributed by atoms with Gasteiger partial charge in [-0.15, -0.1) is 11.6 Å². The number of H-pyrrole nitrogens is 1. The number of alkyl halides is 1. The number of nitrogens with zero attached hydrogens (tertiary/aromatic N) is 2. The predicted octanol–water partition coefficient (Wildman–Crippen LogP) is 4.57. The van der Waals surface area contributed by atoms with Crippen molar-refractivity contribution >= 4 is 45.2 Å². The molecule has 0 bridgehead atoms. The Kier molecular flexibility index (Phi) is 3.60. The summed E-state index contributed by atoms with van der Waals surface area (Å²) in [5, 5.41) is 3.46. The number of aromatic nitrogens is 2. The molecule has 2 N–H and O–H groups in total. The number of aromatic amines is 1. The van der Waals surface area contributed by atoms with Gasteiger partial charge in [0.1, 0.15) is 5.66 Å². The first-order valence-electron chi connectivity index (χ1n) is 9.10. The molecule has 2 aromatic rings. The number of halogens is 2. The van der Waals surface area contributed by atoms with Gasteiger partial charge >= 0.3 is 0 Å². The summed E-state index contributed by atoms with van der Waals surface area (Å²) in [6.07, 6.45) is 4.90. The molecule has 7 heteroatoms. The fourth-order valence-corrected chi connectivity index (χ4v) is 5.53. The molecule has 1 spiro atoms. The fraction of sp³-hybridized carbons (Fsp3) is 0.400. The number of nitrogens with one attached hydrogen (secondary N) is 2. The van der Waals surface area contributed by atoms with Gasteiger partial charge in [-0.3, -0.25) is 9.69 Å². The van der Waals surface area contributed by atoms with E-state index in [1.165, 1.54) is 5.56 Å². The number of amides is 1. The highest BCUT2D eigenvalue weighted by Crippen LogP contribution is 2.55. The number of hydrogen-bond donors (Lipinski definition) is 2. The third-order valence-electron chi connectivity index (χ3n) is 6.34. The number of para-hydroxylation sites is 1. The van der Waals surface area contributed by atoms with E-state index in [-0.39, 0.29) is 22.6 Å². The minimum atomic E-state index is -0.540. The SMILES string of the molecule is CC1(C)c2[nH]c(Br)nc2/C=C\N2C(=O)CC3c4ccccc4NC32CC1Cl. The number of carbonyl (C=O) groups is 1. The molecule has 1 aromatic heterocycles. The molecule has 0 aliphatic carbocycles. The van der Waals surface area contributed by atoms with Crippen LogP contribution < -0.4 is 5.32 Å². The van der Waals surface area contributed by atoms with E-state index in [1.807, 2.05) is 29.3 Å². The molecule has 27 heavy (non-hydrogen) atoms. The Morgan fingerprint density at radius 2 is 2.11 bits per heavy atom. The number of anilines is 1. The zero-order chi connectivity index (χ0) is 19.0. The van der Waals surface area contributed by atoms with Crippen molar-refractivity contribution in [2.45, 2.75) is 49.1 Å². The van der Waals surface area contributed by atoms with Crippen molar-refractivity contribution in [3.05, 3.63) is 52.2 Å². The molecular weight excluding hydrogens is 428 g/mol. The zero-order valence-electron chi connectivity index (χ0n) is 15.1. The van der Waals surface area contributed by atoms with Crippen molar-refractivity contribution in [3.8, 4) is 0 Å². The minimum Gasteiger partial charge on any atom is -0.362 e. The van der Waals surface area contributed by atoms with Crippen LogP contribution in [0.4, 0.5) is 5.69 Å². The molecule has 140 valence electrons. The molecule has 1 saturated heterocycles. The standard InChI is InChI=1S/C20H20BrClN4O/c1-19(2)15(22)10-20-12(11-5-3-4-6-13(11)25-20)9-16(27)26(20)8-7-14-17(19)24-18(21)23-14/h3-8,12,15,25H,9-10H2,1-2H3,(H,23,24)/b8-7-. The highest BCUT2D eigenvalue weighted by atomic mass is 79.9. The first kappa shape index (κ1) is 17.3. The van der Waals surface area contributed by atoms with Crippen molar-refractivity contribution in [2.75, 3.05) is 5.32 Å². The van der Waals surface area contributed by atoms with Gasteiger partial charge in [-0.25, -0.2) is 4.98 Å². The largest absolute Gasteiger partial charge is 0.362 e. The molecule has 3 aliphatic heterocycles. The summed E-state index contributed by atoms with van der Waals surface area (Å²) in [6, 6.07) is 8.25. The van der Waals surface area contributed by atoms with Crippen molar-refractivity contribution in [3.63, 3.8) is 0 Å². The lowest BCUT2D eigenvalue weighted by Crippen LogP contribution is -2.52. The summed E-state index contributed by atoms with van der Waals surface area (Å²) in [4.78, 5) is 22.6. The van der Waals surface area contributed by atoms with Gasteiger partial charge in [-0.1, -0.05) is 32.0 Å². The molecule has 5 rings (SSSR count). The third kappa shape index (κ3) is 2.29. The number of carbonyl (C=O) groups excluding carboxylic acids is 1. The average Bonchev–Trinajstić information content (AvgIpc) is 3.21. The van der Waals surface area contributed by atoms with Crippen LogP contribution >= 0.6 is 27.5 Å². The van der Waals surface area contributed by atoms with Crippen LogP contribution in [0, 0.1) is 0 Å². The van der Waals surface area contributed by atoms with E-state index in [1.54, 1.807) is 0 Å². The predicted molar refractivity (Wildman–Crippen MR) is 110 cm³/mol. The maximum absolute atomic E-state index is 12.9. The highest BCUT2D eigenvalue weighted by Gasteiger charge is 2.59. The van der Waals surface area contributed by atoms with Crippen molar-refractivity contribution in [1.82, 2.24) is 14.9 Å². The van der Waals surface area contributed by atoms with Crippen LogP contribution in [0.15, 0.2) is 35.2 Å². The lowest BCUT2D eigenvalue weighted by Gasteiger charge is -2.41. The lowest BCUT2D eigenvalue weighted by atomic mass is 9.78. The number of fused-ring (bicyclic) bond motifs is 3. The first-order chi connectivity index (χ1) is 12.8. The van der Waals surface area contributed by atoms with Crippen LogP contribution in [0.2, 0.25) is 0 Å². The van der Waals surface area contributed by atoms with Gasteiger partial charge in [-0.2, -0.15) is 0 Å². The van der Waals surface area contributed by atoms with Gasteiger partial charge in [0, 0.05) is 41.4 Å². The molecule has 1 fully saturated rings. The van der Waals surface area contributed by atoms with E-state index >= 15 is 0 Å². The molecule has 4 heterocycles. The van der Waals surface area contributed by atoms with Crippen LogP contribution in [0.3, 0.4) is 0 Å². The second-order valence-corrected chi connectivity index (χ2v) is 9.43. The lowest BCUT2D eigenvalue weighted by molar-refractivity contribution is -0.127. The molecule has 1 aromatic carbocycles. The minimum absolute atomic E-state index is 0.0824. The number of hydrogen-bond acceptors (Lipinski definition) is 3. The molecule has 3 unspecified atom stereocenters. The van der Waals surface area contributed by atoms with Crippen LogP contribution in [0.5, 0.6) is 0 Å². The third-order valence-corrected chi connectivity index (χ3v) is 7.42. The fourth-order valence-electron chi connectivity index (χ4n) is 4.80. The van der Waals surface area contributed by atoms with Crippen molar-refractivity contribution in [2.24, 2.45) is 0 Å². The Bertz CT molecular complexity index is 984. The second kappa shape index (κ2) is 5.61. The molecular formula is C20H20BrClN4O. The smallest absolute Gasteiger partial charge is 0.229 e. The van der Waals surface area contributed by atoms with Gasteiger partial charge in [0.2, 0.25) is 5.91 Å². The van der Waals surface area contributed by atoms with Crippen LogP contribution in [-0.4, -0.2) is 31.8 Å². The van der Waals surface area contributed by atoms with Crippen molar-refractivity contribution in [1.29, 1.82) is 0 Å². The summed E-state index contributed by atoms with van der Waals surface area (Å²) in [6.45, 7) is 4.25. The van der Waals surface area contributed by atoms with Gasteiger partial charge in [0.25, 0.3) is 0 Å². The molecule has 0 radical (unpaired) electrons. The number of imidazole rings is 1. The molecule has 1 amide bonds. The Balaban J connectivity index is 1.69. The van der Waals surface area contributed by atoms with Crippen LogP contribution in [0.1, 0.15) is 49.6 Å². The van der Waals surface area contributed by atoms with Gasteiger partial charge < -0.3 is 10.3 Å². The van der Waals surface area contributed by atoms with E-state index < -0.39 is 5.66 Å². The van der Waals surface area contributed by atoms with E-state index in [0.29, 0.717) is 17.6 Å². The van der Waals surface area contributed by atoms with E-state index in [2.05, 4.69) is 57.2 Å². The van der Waals surface area contributed by atoms with Gasteiger partial charge in [-0.05, 0) is 33.6 Å². The maximum atomic E-state index is 12.9. The number of benzene rings is 1. The average molecular weight is 448 g/mol. The van der Waals surface area contributed by atoms with Gasteiger partial charge in [0.15, 0.2) is 4.73 Å². The monoisotopic (exact) mass is 446 g/mol. The van der Waals surface area contributed by atoms with E-state index in [4.69, 9.17) is 11.6 Å². The van der Waals surface area contributed by atoms with E-state index in [9.17, 15) is 4.79 Å². The summed E-state index contributed by atoms with van der Waals surface area (Å²) in [5.41, 5.74) is 3.18. The number of rotatable bonds is 0. The van der Waals surface area contributed by atoms with E-state index in [0.717, 1.165) is 17.1 Å². The normalized spacial score (nSPS) is 31.7. The maximum Gasteiger partial charge on any atom is 0.229 e.